The Balaban J connectivity index is 1.46. The molecule has 4 aromatic rings. The minimum Gasteiger partial charge on any atom is -0.453 e. The normalized spacial score (nSPS) is 15.7. The molecular weight excluding hydrogens is 408 g/mol. The predicted molar refractivity (Wildman–Crippen MR) is 117 cm³/mol. The number of carbonyl (C=O) groups excluding carboxylic acids is 1. The van der Waals surface area contributed by atoms with Gasteiger partial charge in [0.2, 0.25) is 0 Å². The Morgan fingerprint density at radius 1 is 1.00 bits per heavy atom. The van der Waals surface area contributed by atoms with Gasteiger partial charge in [-0.1, -0.05) is 59.7 Å². The predicted octanol–water partition coefficient (Wildman–Crippen LogP) is 3.88. The number of fused-ring (bicyclic) bond motifs is 1. The number of methoxy groups -OCH3 is 1. The highest BCUT2D eigenvalue weighted by Gasteiger charge is 2.27. The van der Waals surface area contributed by atoms with E-state index < -0.39 is 6.17 Å². The number of aromatic nitrogens is 2. The summed E-state index contributed by atoms with van der Waals surface area (Å²) in [5, 5.41) is 11.0. The monoisotopic (exact) mass is 428 g/mol. The van der Waals surface area contributed by atoms with Gasteiger partial charge in [-0.3, -0.25) is 9.79 Å². The number of hydrogen-bond acceptors (Lipinski definition) is 8. The third-order valence-electron chi connectivity index (χ3n) is 5.09. The van der Waals surface area contributed by atoms with Crippen molar-refractivity contribution in [2.45, 2.75) is 19.2 Å². The maximum Gasteiger partial charge on any atom is 0.317 e. The molecule has 5 rings (SSSR count). The number of carbonyl (C=O) groups is 1. The van der Waals surface area contributed by atoms with Crippen molar-refractivity contribution < 1.29 is 18.4 Å². The van der Waals surface area contributed by atoms with Crippen LogP contribution in [-0.4, -0.2) is 35.0 Å². The number of ether oxygens (including phenoxy) is 1. The number of furan rings is 1. The van der Waals surface area contributed by atoms with Gasteiger partial charge >= 0.3 is 6.01 Å². The van der Waals surface area contributed by atoms with E-state index in [0.717, 1.165) is 22.4 Å². The van der Waals surface area contributed by atoms with Crippen LogP contribution in [0.15, 0.2) is 80.6 Å². The largest absolute Gasteiger partial charge is 0.453 e. The molecule has 0 unspecified atom stereocenters. The van der Waals surface area contributed by atoms with Gasteiger partial charge in [-0.05, 0) is 17.7 Å². The average molecular weight is 428 g/mol. The Bertz CT molecular complexity index is 1280. The second-order valence-electron chi connectivity index (χ2n) is 7.30. The van der Waals surface area contributed by atoms with Crippen molar-refractivity contribution in [3.05, 3.63) is 89.2 Å². The van der Waals surface area contributed by atoms with Crippen LogP contribution in [0.4, 0.5) is 6.01 Å². The number of ketones is 1. The highest BCUT2D eigenvalue weighted by molar-refractivity contribution is 6.16. The maximum absolute atomic E-state index is 13.0. The van der Waals surface area contributed by atoms with Crippen LogP contribution in [0.3, 0.4) is 0 Å². The molecule has 0 saturated carbocycles. The molecule has 0 aliphatic carbocycles. The number of aliphatic imine (C=N–C) groups is 1. The molecule has 1 atom stereocenters. The SMILES string of the molecule is COCc1ccc(-c2nnc(N[C@H]3N=C(c4ccccc4)c4ccccc4CC3=O)o2)o1. The lowest BCUT2D eigenvalue weighted by Crippen LogP contribution is -2.29. The molecule has 1 aliphatic rings. The van der Waals surface area contributed by atoms with Crippen LogP contribution in [0.2, 0.25) is 0 Å². The lowest BCUT2D eigenvalue weighted by molar-refractivity contribution is -0.119. The molecule has 8 nitrogen and oxygen atoms in total. The van der Waals surface area contributed by atoms with E-state index in [1.54, 1.807) is 19.2 Å². The third kappa shape index (κ3) is 3.95. The molecule has 1 N–H and O–H groups in total. The van der Waals surface area contributed by atoms with Crippen LogP contribution in [0, 0.1) is 0 Å². The number of rotatable bonds is 6. The van der Waals surface area contributed by atoms with Crippen LogP contribution in [0.1, 0.15) is 22.5 Å². The highest BCUT2D eigenvalue weighted by atomic mass is 16.5. The molecule has 2 aromatic carbocycles. The van der Waals surface area contributed by atoms with Gasteiger partial charge in [0, 0.05) is 24.7 Å². The molecule has 0 fully saturated rings. The number of hydrogen-bond donors (Lipinski definition) is 1. The summed E-state index contributed by atoms with van der Waals surface area (Å²) in [6, 6.07) is 21.2. The smallest absolute Gasteiger partial charge is 0.317 e. The average Bonchev–Trinajstić information content (AvgIpc) is 3.44. The summed E-state index contributed by atoms with van der Waals surface area (Å²) in [7, 11) is 1.59. The van der Waals surface area contributed by atoms with E-state index in [4.69, 9.17) is 18.6 Å². The van der Waals surface area contributed by atoms with Gasteiger partial charge in [-0.2, -0.15) is 0 Å². The molecule has 0 amide bonds. The number of nitrogens with zero attached hydrogens (tertiary/aromatic N) is 3. The summed E-state index contributed by atoms with van der Waals surface area (Å²) in [5.41, 5.74) is 3.52. The zero-order chi connectivity index (χ0) is 21.9. The van der Waals surface area contributed by atoms with Gasteiger partial charge in [-0.25, -0.2) is 0 Å². The van der Waals surface area contributed by atoms with E-state index in [1.165, 1.54) is 0 Å². The van der Waals surface area contributed by atoms with Crippen molar-refractivity contribution in [2.24, 2.45) is 4.99 Å². The lowest BCUT2D eigenvalue weighted by Gasteiger charge is -2.11. The second kappa shape index (κ2) is 8.60. The zero-order valence-corrected chi connectivity index (χ0v) is 17.3. The first kappa shape index (κ1) is 19.9. The van der Waals surface area contributed by atoms with E-state index in [9.17, 15) is 4.79 Å². The molecule has 0 radical (unpaired) electrons. The first-order valence-electron chi connectivity index (χ1n) is 10.1. The van der Waals surface area contributed by atoms with E-state index in [0.29, 0.717) is 18.1 Å². The van der Waals surface area contributed by atoms with Gasteiger partial charge in [-0.15, -0.1) is 5.10 Å². The Hall–Kier alpha value is -4.04. The summed E-state index contributed by atoms with van der Waals surface area (Å²) in [5.74, 6) is 1.17. The summed E-state index contributed by atoms with van der Waals surface area (Å²) in [6.45, 7) is 0.341. The van der Waals surface area contributed by atoms with E-state index in [2.05, 4.69) is 15.5 Å². The van der Waals surface area contributed by atoms with Crippen molar-refractivity contribution in [2.75, 3.05) is 12.4 Å². The van der Waals surface area contributed by atoms with Crippen LogP contribution >= 0.6 is 0 Å². The first-order valence-corrected chi connectivity index (χ1v) is 10.1. The van der Waals surface area contributed by atoms with Crippen molar-refractivity contribution >= 4 is 17.5 Å². The molecule has 3 heterocycles. The van der Waals surface area contributed by atoms with Gasteiger partial charge in [0.1, 0.15) is 12.4 Å². The van der Waals surface area contributed by atoms with Gasteiger partial charge in [0.05, 0.1) is 5.71 Å². The van der Waals surface area contributed by atoms with Crippen molar-refractivity contribution in [1.29, 1.82) is 0 Å². The number of Topliss-reactive ketones (excluding diaryl/α,β-unsaturated/α-hetero) is 1. The molecule has 1 aliphatic heterocycles. The lowest BCUT2D eigenvalue weighted by atomic mass is 9.96. The molecule has 2 aromatic heterocycles. The summed E-state index contributed by atoms with van der Waals surface area (Å²) in [4.78, 5) is 17.8. The molecule has 0 spiro atoms. The van der Waals surface area contributed by atoms with E-state index in [1.807, 2.05) is 54.6 Å². The van der Waals surface area contributed by atoms with E-state index >= 15 is 0 Å². The maximum atomic E-state index is 13.0. The fourth-order valence-corrected chi connectivity index (χ4v) is 3.61. The Morgan fingerprint density at radius 3 is 2.66 bits per heavy atom. The third-order valence-corrected chi connectivity index (χ3v) is 5.09. The van der Waals surface area contributed by atoms with Crippen LogP contribution in [0.25, 0.3) is 11.7 Å². The first-order chi connectivity index (χ1) is 15.7. The van der Waals surface area contributed by atoms with Gasteiger partial charge in [0.25, 0.3) is 5.89 Å². The molecule has 8 heteroatoms. The second-order valence-corrected chi connectivity index (χ2v) is 7.30. The fourth-order valence-electron chi connectivity index (χ4n) is 3.61. The number of nitrogens with one attached hydrogen (secondary N) is 1. The molecular formula is C24H20N4O4. The molecule has 0 saturated heterocycles. The number of benzene rings is 2. The van der Waals surface area contributed by atoms with Gasteiger partial charge in [0.15, 0.2) is 17.7 Å². The standard InChI is InChI=1S/C24H20N4O4/c1-30-14-17-11-12-20(31-17)23-27-28-24(32-23)26-22-19(29)13-16-9-5-6-10-18(16)21(25-22)15-7-3-2-4-8-15/h2-12,22H,13-14H2,1H3,(H,26,28)/t22-/m1/s1. The fraction of sp³-hybridized carbons (Fsp3) is 0.167. The molecule has 160 valence electrons. The van der Waals surface area contributed by atoms with Crippen LogP contribution < -0.4 is 5.32 Å². The van der Waals surface area contributed by atoms with Crippen LogP contribution in [-0.2, 0) is 22.6 Å². The molecule has 32 heavy (non-hydrogen) atoms. The quantitative estimate of drug-likeness (QED) is 0.497. The minimum atomic E-state index is -0.869. The van der Waals surface area contributed by atoms with E-state index in [-0.39, 0.29) is 24.1 Å². The number of anilines is 1. The van der Waals surface area contributed by atoms with Crippen LogP contribution in [0.5, 0.6) is 0 Å². The van der Waals surface area contributed by atoms with Crippen molar-refractivity contribution in [1.82, 2.24) is 10.2 Å². The topological polar surface area (TPSA) is 103 Å². The Morgan fingerprint density at radius 2 is 1.81 bits per heavy atom. The minimum absolute atomic E-state index is 0.0881. The highest BCUT2D eigenvalue weighted by Crippen LogP contribution is 2.25. The summed E-state index contributed by atoms with van der Waals surface area (Å²) < 4.78 is 16.4. The summed E-state index contributed by atoms with van der Waals surface area (Å²) in [6.07, 6.45) is -0.626. The van der Waals surface area contributed by atoms with Gasteiger partial charge < -0.3 is 18.9 Å². The summed E-state index contributed by atoms with van der Waals surface area (Å²) >= 11 is 0. The molecule has 0 bridgehead atoms. The Kier molecular flexibility index (Phi) is 5.35. The zero-order valence-electron chi connectivity index (χ0n) is 17.3. The van der Waals surface area contributed by atoms with Crippen molar-refractivity contribution in [3.63, 3.8) is 0 Å². The van der Waals surface area contributed by atoms with Crippen molar-refractivity contribution in [3.8, 4) is 11.7 Å². The Labute approximate surface area is 184 Å².